The van der Waals surface area contributed by atoms with Gasteiger partial charge < -0.3 is 10.2 Å². The Morgan fingerprint density at radius 1 is 1.04 bits per heavy atom. The number of hydrogen-bond donors (Lipinski definition) is 2. The lowest BCUT2D eigenvalue weighted by Crippen LogP contribution is -2.31. The largest absolute Gasteiger partial charge is 0.384 e. The first-order valence-electron chi connectivity index (χ1n) is 9.10. The fourth-order valence-electron chi connectivity index (χ4n) is 3.38. The molecule has 0 amide bonds. The quantitative estimate of drug-likeness (QED) is 0.798. The molecule has 0 fully saturated rings. The highest BCUT2D eigenvalue weighted by molar-refractivity contribution is 5.94. The van der Waals surface area contributed by atoms with Crippen LogP contribution in [0, 0.1) is 11.8 Å². The average molecular weight is 332 g/mol. The summed E-state index contributed by atoms with van der Waals surface area (Å²) in [5, 5.41) is 20.4. The Kier molecular flexibility index (Phi) is 6.16. The molecule has 2 heterocycles. The van der Waals surface area contributed by atoms with Crippen LogP contribution in [0.4, 0.5) is 0 Å². The second-order valence-corrected chi connectivity index (χ2v) is 7.74. The van der Waals surface area contributed by atoms with E-state index in [1.807, 2.05) is 20.8 Å². The molecule has 0 unspecified atom stereocenters. The summed E-state index contributed by atoms with van der Waals surface area (Å²) in [4.78, 5) is 9.31. The molecular formula is C20H32N2O2. The van der Waals surface area contributed by atoms with Gasteiger partial charge in [-0.3, -0.25) is 9.98 Å². The summed E-state index contributed by atoms with van der Waals surface area (Å²) in [6.07, 6.45) is 2.27. The minimum absolute atomic E-state index is 0.147. The van der Waals surface area contributed by atoms with Crippen LogP contribution in [0.25, 0.3) is 0 Å². The molecule has 0 aromatic carbocycles. The van der Waals surface area contributed by atoms with Crippen LogP contribution < -0.4 is 0 Å². The smallest absolute Gasteiger partial charge is 0.127 e. The van der Waals surface area contributed by atoms with Crippen molar-refractivity contribution in [1.29, 1.82) is 0 Å². The molecule has 2 rings (SSSR count). The van der Waals surface area contributed by atoms with Gasteiger partial charge in [-0.05, 0) is 63.9 Å². The van der Waals surface area contributed by atoms with Crippen LogP contribution in [0.15, 0.2) is 32.5 Å². The summed E-state index contributed by atoms with van der Waals surface area (Å²) in [5.41, 5.74) is 6.28. The van der Waals surface area contributed by atoms with E-state index in [-0.39, 0.29) is 5.92 Å². The van der Waals surface area contributed by atoms with Crippen molar-refractivity contribution in [2.24, 2.45) is 21.8 Å². The second-order valence-electron chi connectivity index (χ2n) is 7.74. The molecule has 134 valence electrons. The lowest BCUT2D eigenvalue weighted by Gasteiger charge is -2.15. The summed E-state index contributed by atoms with van der Waals surface area (Å²) >= 11 is 0. The average Bonchev–Trinajstić information content (AvgIpc) is 3.11. The maximum Gasteiger partial charge on any atom is 0.127 e. The van der Waals surface area contributed by atoms with Crippen molar-refractivity contribution in [2.75, 3.05) is 0 Å². The van der Waals surface area contributed by atoms with Crippen molar-refractivity contribution in [3.05, 3.63) is 22.5 Å². The molecule has 0 spiro atoms. The Labute approximate surface area is 146 Å². The Morgan fingerprint density at radius 2 is 1.71 bits per heavy atom. The molecule has 0 aromatic rings. The summed E-state index contributed by atoms with van der Waals surface area (Å²) in [7, 11) is 0. The Morgan fingerprint density at radius 3 is 2.21 bits per heavy atom. The normalized spacial score (nSPS) is 27.5. The molecule has 2 aliphatic heterocycles. The van der Waals surface area contributed by atoms with Gasteiger partial charge in [-0.1, -0.05) is 26.3 Å². The van der Waals surface area contributed by atoms with E-state index < -0.39 is 12.2 Å². The van der Waals surface area contributed by atoms with Crippen LogP contribution in [0.2, 0.25) is 0 Å². The minimum atomic E-state index is -0.876. The van der Waals surface area contributed by atoms with E-state index in [0.29, 0.717) is 17.3 Å². The van der Waals surface area contributed by atoms with Crippen molar-refractivity contribution >= 4 is 11.4 Å². The van der Waals surface area contributed by atoms with Gasteiger partial charge in [-0.15, -0.1) is 0 Å². The molecule has 0 radical (unpaired) electrons. The van der Waals surface area contributed by atoms with Gasteiger partial charge in [0.25, 0.3) is 0 Å². The molecule has 2 N–H and O–H groups in total. The van der Waals surface area contributed by atoms with Crippen LogP contribution in [0.3, 0.4) is 0 Å². The molecule has 3 atom stereocenters. The molecule has 0 aromatic heterocycles. The Bertz CT molecular complexity index is 607. The number of aliphatic imine (C=N–C) groups is 2. The third-order valence-corrected chi connectivity index (χ3v) is 5.16. The first-order valence-corrected chi connectivity index (χ1v) is 9.10. The van der Waals surface area contributed by atoms with Crippen LogP contribution in [0.1, 0.15) is 67.2 Å². The first-order chi connectivity index (χ1) is 11.2. The van der Waals surface area contributed by atoms with Gasteiger partial charge in [0.05, 0.1) is 11.4 Å². The van der Waals surface area contributed by atoms with E-state index in [0.717, 1.165) is 31.3 Å². The van der Waals surface area contributed by atoms with Crippen LogP contribution in [-0.2, 0) is 0 Å². The summed E-state index contributed by atoms with van der Waals surface area (Å²) in [6.45, 7) is 12.5. The monoisotopic (exact) mass is 332 g/mol. The first kappa shape index (κ1) is 19.1. The van der Waals surface area contributed by atoms with Gasteiger partial charge in [-0.2, -0.15) is 0 Å². The lowest BCUT2D eigenvalue weighted by molar-refractivity contribution is 0.0900. The molecule has 0 saturated heterocycles. The fourth-order valence-corrected chi connectivity index (χ4v) is 3.38. The molecule has 2 aliphatic rings. The predicted octanol–water partition coefficient (Wildman–Crippen LogP) is 4.04. The summed E-state index contributed by atoms with van der Waals surface area (Å²) < 4.78 is 0. The fraction of sp³-hybridized carbons (Fsp3) is 0.700. The summed E-state index contributed by atoms with van der Waals surface area (Å²) in [6, 6.07) is 0. The molecule has 0 aliphatic carbocycles. The topological polar surface area (TPSA) is 65.2 Å². The van der Waals surface area contributed by atoms with E-state index in [9.17, 15) is 10.2 Å². The highest BCUT2D eigenvalue weighted by atomic mass is 16.3. The Balaban J connectivity index is 2.04. The lowest BCUT2D eigenvalue weighted by atomic mass is 9.94. The number of rotatable bonds is 5. The molecular weight excluding hydrogens is 300 g/mol. The highest BCUT2D eigenvalue weighted by Gasteiger charge is 2.34. The third kappa shape index (κ3) is 4.04. The number of allylic oxidation sites excluding steroid dienone is 3. The minimum Gasteiger partial charge on any atom is -0.384 e. The van der Waals surface area contributed by atoms with Gasteiger partial charge in [0, 0.05) is 11.4 Å². The molecule has 0 saturated carbocycles. The van der Waals surface area contributed by atoms with Gasteiger partial charge in [0.2, 0.25) is 0 Å². The van der Waals surface area contributed by atoms with Crippen molar-refractivity contribution < 1.29 is 10.2 Å². The number of aliphatic hydroxyl groups excluding tert-OH is 2. The van der Waals surface area contributed by atoms with E-state index in [1.54, 1.807) is 0 Å². The number of aliphatic hydroxyl groups is 2. The molecule has 24 heavy (non-hydrogen) atoms. The van der Waals surface area contributed by atoms with Crippen molar-refractivity contribution in [1.82, 2.24) is 0 Å². The SMILES string of the molecule is CC(C)=C1CCC([C@H](C)CC/C(C)=C2/N=C(C(C)C)[C@H](O)[C@H]2O)=N1. The zero-order valence-electron chi connectivity index (χ0n) is 15.9. The van der Waals surface area contributed by atoms with Crippen molar-refractivity contribution in [2.45, 2.75) is 79.4 Å². The van der Waals surface area contributed by atoms with E-state index in [4.69, 9.17) is 4.99 Å². The van der Waals surface area contributed by atoms with Gasteiger partial charge in [0.15, 0.2) is 0 Å². The standard InChI is InChI=1S/C20H32N2O2/c1-11(2)15-9-10-16(21-15)13(5)7-8-14(6)18-20(24)19(23)17(22-18)12(3)4/h12-13,19-20,23-24H,7-10H2,1-6H3/b18-14+/t13-,19+,20+/m1/s1. The molecule has 0 bridgehead atoms. The van der Waals surface area contributed by atoms with Crippen molar-refractivity contribution in [3.63, 3.8) is 0 Å². The second kappa shape index (κ2) is 7.75. The van der Waals surface area contributed by atoms with Crippen LogP contribution >= 0.6 is 0 Å². The Hall–Kier alpha value is -1.26. The van der Waals surface area contributed by atoms with Gasteiger partial charge in [0.1, 0.15) is 12.2 Å². The highest BCUT2D eigenvalue weighted by Crippen LogP contribution is 2.30. The zero-order chi connectivity index (χ0) is 18.0. The van der Waals surface area contributed by atoms with E-state index in [1.165, 1.54) is 17.0 Å². The number of nitrogens with zero attached hydrogens (tertiary/aromatic N) is 2. The summed E-state index contributed by atoms with van der Waals surface area (Å²) in [5.74, 6) is 0.587. The van der Waals surface area contributed by atoms with Gasteiger partial charge >= 0.3 is 0 Å². The van der Waals surface area contributed by atoms with Crippen LogP contribution in [0.5, 0.6) is 0 Å². The van der Waals surface area contributed by atoms with Crippen molar-refractivity contribution in [3.8, 4) is 0 Å². The molecule has 4 heteroatoms. The maximum absolute atomic E-state index is 10.3. The van der Waals surface area contributed by atoms with Gasteiger partial charge in [-0.25, -0.2) is 0 Å². The van der Waals surface area contributed by atoms with E-state index >= 15 is 0 Å². The van der Waals surface area contributed by atoms with Crippen LogP contribution in [-0.4, -0.2) is 33.8 Å². The molecule has 4 nitrogen and oxygen atoms in total. The third-order valence-electron chi connectivity index (χ3n) is 5.16. The zero-order valence-corrected chi connectivity index (χ0v) is 15.9. The number of hydrogen-bond acceptors (Lipinski definition) is 4. The van der Waals surface area contributed by atoms with E-state index in [2.05, 4.69) is 25.8 Å². The predicted molar refractivity (Wildman–Crippen MR) is 100 cm³/mol. The maximum atomic E-state index is 10.3.